The number of carbonyl (C=O) groups is 1. The minimum absolute atomic E-state index is 0.164. The fraction of sp³-hybridized carbons (Fsp3) is 0.385. The van der Waals surface area contributed by atoms with Gasteiger partial charge in [0, 0.05) is 13.7 Å². The highest BCUT2D eigenvalue weighted by molar-refractivity contribution is 7.71. The van der Waals surface area contributed by atoms with Gasteiger partial charge in [-0.1, -0.05) is 0 Å². The normalized spacial score (nSPS) is 12.6. The van der Waals surface area contributed by atoms with E-state index in [1.165, 1.54) is 12.1 Å². The quantitative estimate of drug-likeness (QED) is 0.657. The van der Waals surface area contributed by atoms with E-state index < -0.39 is 6.04 Å². The van der Waals surface area contributed by atoms with Gasteiger partial charge in [-0.3, -0.25) is 4.79 Å². The summed E-state index contributed by atoms with van der Waals surface area (Å²) >= 11 is 5.21. The summed E-state index contributed by atoms with van der Waals surface area (Å²) < 4.78 is 20.1. The molecule has 0 aliphatic heterocycles. The zero-order valence-electron chi connectivity index (χ0n) is 11.3. The van der Waals surface area contributed by atoms with Crippen LogP contribution >= 0.6 is 12.2 Å². The number of methoxy groups -OCH3 is 1. The Morgan fingerprint density at radius 1 is 1.60 bits per heavy atom. The summed E-state index contributed by atoms with van der Waals surface area (Å²) in [6.07, 6.45) is 0. The molecule has 0 aliphatic carbocycles. The van der Waals surface area contributed by atoms with E-state index in [1.807, 2.05) is 0 Å². The molecule has 1 amide bonds. The Balaban J connectivity index is 2.30. The lowest BCUT2D eigenvalue weighted by Crippen LogP contribution is -2.33. The smallest absolute Gasteiger partial charge is 0.242 e. The van der Waals surface area contributed by atoms with Crippen molar-refractivity contribution in [3.63, 3.8) is 0 Å². The lowest BCUT2D eigenvalue weighted by molar-refractivity contribution is -0.124. The molecule has 1 heterocycles. The van der Waals surface area contributed by atoms with Crippen molar-refractivity contribution < 1.29 is 13.9 Å². The van der Waals surface area contributed by atoms with Crippen LogP contribution in [-0.2, 0) is 9.53 Å². The molecule has 0 saturated carbocycles. The fourth-order valence-corrected chi connectivity index (χ4v) is 2.40. The second-order valence-electron chi connectivity index (χ2n) is 4.42. The number of rotatable bonds is 5. The van der Waals surface area contributed by atoms with Gasteiger partial charge >= 0.3 is 0 Å². The Morgan fingerprint density at radius 2 is 2.35 bits per heavy atom. The van der Waals surface area contributed by atoms with Gasteiger partial charge in [0.15, 0.2) is 4.77 Å². The summed E-state index contributed by atoms with van der Waals surface area (Å²) in [5.74, 6) is -0.513. The van der Waals surface area contributed by atoms with Crippen molar-refractivity contribution in [3.05, 3.63) is 28.8 Å². The maximum Gasteiger partial charge on any atom is 0.242 e. The molecule has 1 atom stereocenters. The molecule has 108 valence electrons. The van der Waals surface area contributed by atoms with Crippen molar-refractivity contribution in [1.82, 2.24) is 14.9 Å². The molecule has 1 unspecified atom stereocenters. The van der Waals surface area contributed by atoms with Gasteiger partial charge in [-0.25, -0.2) is 4.39 Å². The van der Waals surface area contributed by atoms with Crippen molar-refractivity contribution in [2.75, 3.05) is 20.3 Å². The zero-order chi connectivity index (χ0) is 14.7. The Bertz CT molecular complexity index is 680. The average molecular weight is 297 g/mol. The first-order valence-electron chi connectivity index (χ1n) is 6.21. The highest BCUT2D eigenvalue weighted by atomic mass is 32.1. The number of aromatic amines is 1. The zero-order valence-corrected chi connectivity index (χ0v) is 12.1. The first kappa shape index (κ1) is 14.7. The van der Waals surface area contributed by atoms with Gasteiger partial charge in [0.2, 0.25) is 5.91 Å². The number of H-pyrrole nitrogens is 1. The minimum atomic E-state index is -0.487. The van der Waals surface area contributed by atoms with Crippen LogP contribution < -0.4 is 5.32 Å². The Hall–Kier alpha value is -1.73. The van der Waals surface area contributed by atoms with E-state index in [2.05, 4.69) is 10.3 Å². The Kier molecular flexibility index (Phi) is 4.51. The number of hydrogen-bond acceptors (Lipinski definition) is 3. The summed E-state index contributed by atoms with van der Waals surface area (Å²) in [6, 6.07) is 3.82. The third-order valence-corrected chi connectivity index (χ3v) is 3.35. The highest BCUT2D eigenvalue weighted by Gasteiger charge is 2.18. The molecule has 1 aromatic carbocycles. The van der Waals surface area contributed by atoms with Crippen LogP contribution in [0.4, 0.5) is 4.39 Å². The van der Waals surface area contributed by atoms with E-state index in [4.69, 9.17) is 17.0 Å². The van der Waals surface area contributed by atoms with Crippen LogP contribution in [0.1, 0.15) is 13.0 Å². The number of nitrogens with one attached hydrogen (secondary N) is 2. The van der Waals surface area contributed by atoms with Crippen molar-refractivity contribution in [2.24, 2.45) is 0 Å². The van der Waals surface area contributed by atoms with Crippen LogP contribution in [0.5, 0.6) is 0 Å². The van der Waals surface area contributed by atoms with Crippen molar-refractivity contribution in [3.8, 4) is 0 Å². The highest BCUT2D eigenvalue weighted by Crippen LogP contribution is 2.20. The Morgan fingerprint density at radius 3 is 3.05 bits per heavy atom. The average Bonchev–Trinajstić information content (AvgIpc) is 2.73. The standard InChI is InChI=1S/C13H16FN3O2S/c1-8(12(18)15-5-6-19-2)17-11-4-3-9(14)7-10(11)16-13(17)20/h3-4,7-8H,5-6H2,1-2H3,(H,15,18)(H,16,20). The van der Waals surface area contributed by atoms with E-state index in [0.717, 1.165) is 0 Å². The lowest BCUT2D eigenvalue weighted by atomic mass is 10.2. The van der Waals surface area contributed by atoms with Gasteiger partial charge in [0.1, 0.15) is 11.9 Å². The van der Waals surface area contributed by atoms with Crippen LogP contribution in [0.3, 0.4) is 0 Å². The van der Waals surface area contributed by atoms with Gasteiger partial charge in [-0.2, -0.15) is 0 Å². The maximum absolute atomic E-state index is 13.2. The maximum atomic E-state index is 13.2. The molecular formula is C13H16FN3O2S. The van der Waals surface area contributed by atoms with Gasteiger partial charge < -0.3 is 19.6 Å². The number of ether oxygens (including phenoxy) is 1. The van der Waals surface area contributed by atoms with Crippen LogP contribution in [0.15, 0.2) is 18.2 Å². The molecule has 20 heavy (non-hydrogen) atoms. The number of imidazole rings is 1. The third-order valence-electron chi connectivity index (χ3n) is 3.05. The van der Waals surface area contributed by atoms with Crippen LogP contribution in [-0.4, -0.2) is 35.7 Å². The fourth-order valence-electron chi connectivity index (χ4n) is 2.03. The molecule has 2 N–H and O–H groups in total. The molecule has 1 aromatic heterocycles. The number of aromatic nitrogens is 2. The third kappa shape index (κ3) is 2.88. The number of hydrogen-bond donors (Lipinski definition) is 2. The molecule has 0 aliphatic rings. The van der Waals surface area contributed by atoms with Crippen LogP contribution in [0.25, 0.3) is 11.0 Å². The summed E-state index contributed by atoms with van der Waals surface area (Å²) in [5.41, 5.74) is 1.28. The number of benzene rings is 1. The largest absolute Gasteiger partial charge is 0.383 e. The van der Waals surface area contributed by atoms with Crippen molar-refractivity contribution in [1.29, 1.82) is 0 Å². The van der Waals surface area contributed by atoms with Crippen LogP contribution in [0, 0.1) is 10.6 Å². The molecule has 0 radical (unpaired) electrons. The molecule has 5 nitrogen and oxygen atoms in total. The first-order chi connectivity index (χ1) is 9.54. The number of carbonyl (C=O) groups excluding carboxylic acids is 1. The summed E-state index contributed by atoms with van der Waals surface area (Å²) in [5, 5.41) is 2.76. The van der Waals surface area contributed by atoms with E-state index in [-0.39, 0.29) is 11.7 Å². The summed E-state index contributed by atoms with van der Waals surface area (Å²) in [4.78, 5) is 15.0. The minimum Gasteiger partial charge on any atom is -0.383 e. The number of nitrogens with zero attached hydrogens (tertiary/aromatic N) is 1. The molecule has 0 bridgehead atoms. The van der Waals surface area contributed by atoms with E-state index in [1.54, 1.807) is 24.7 Å². The molecule has 0 fully saturated rings. The SMILES string of the molecule is COCCNC(=O)C(C)n1c(=S)[nH]c2cc(F)ccc21. The van der Waals surface area contributed by atoms with Crippen molar-refractivity contribution >= 4 is 29.2 Å². The lowest BCUT2D eigenvalue weighted by Gasteiger charge is -2.14. The molecule has 2 aromatic rings. The topological polar surface area (TPSA) is 59.0 Å². The molecule has 7 heteroatoms. The number of fused-ring (bicyclic) bond motifs is 1. The monoisotopic (exact) mass is 297 g/mol. The van der Waals surface area contributed by atoms with Gasteiger partial charge in [0.25, 0.3) is 0 Å². The van der Waals surface area contributed by atoms with Gasteiger partial charge in [-0.05, 0) is 37.3 Å². The molecule has 2 rings (SSSR count). The van der Waals surface area contributed by atoms with Gasteiger partial charge in [-0.15, -0.1) is 0 Å². The first-order valence-corrected chi connectivity index (χ1v) is 6.62. The van der Waals surface area contributed by atoms with E-state index >= 15 is 0 Å². The van der Waals surface area contributed by atoms with Gasteiger partial charge in [0.05, 0.1) is 17.6 Å². The summed E-state index contributed by atoms with van der Waals surface area (Å²) in [7, 11) is 1.57. The van der Waals surface area contributed by atoms with E-state index in [0.29, 0.717) is 29.0 Å². The van der Waals surface area contributed by atoms with Crippen molar-refractivity contribution in [2.45, 2.75) is 13.0 Å². The second-order valence-corrected chi connectivity index (χ2v) is 4.81. The molecule has 0 spiro atoms. The van der Waals surface area contributed by atoms with E-state index in [9.17, 15) is 9.18 Å². The number of halogens is 1. The predicted octanol–water partition coefficient (Wildman–Crippen LogP) is 2.16. The molecular weight excluding hydrogens is 281 g/mol. The Labute approximate surface area is 120 Å². The van der Waals surface area contributed by atoms with Crippen LogP contribution in [0.2, 0.25) is 0 Å². The summed E-state index contributed by atoms with van der Waals surface area (Å²) in [6.45, 7) is 2.63. The second kappa shape index (κ2) is 6.15. The molecule has 0 saturated heterocycles. The predicted molar refractivity (Wildman–Crippen MR) is 76.7 cm³/mol. The number of amides is 1.